The average Bonchev–Trinajstić information content (AvgIpc) is 2.64. The van der Waals surface area contributed by atoms with Crippen molar-refractivity contribution in [2.45, 2.75) is 43.4 Å². The van der Waals surface area contributed by atoms with Crippen molar-refractivity contribution in [2.75, 3.05) is 12.3 Å². The molecule has 2 rings (SSSR count). The first-order chi connectivity index (χ1) is 10.3. The second kappa shape index (κ2) is 6.83. The maximum absolute atomic E-state index is 14.1. The van der Waals surface area contributed by atoms with Crippen molar-refractivity contribution in [2.24, 2.45) is 5.73 Å². The van der Waals surface area contributed by atoms with E-state index in [0.717, 1.165) is 25.8 Å². The highest BCUT2D eigenvalue weighted by Crippen LogP contribution is 2.46. The molecule has 7 heteroatoms. The molecule has 0 bridgehead atoms. The van der Waals surface area contributed by atoms with Gasteiger partial charge in [0.25, 0.3) is 0 Å². The minimum atomic E-state index is -0.922. The molecule has 122 valence electrons. The molecule has 1 aromatic heterocycles. The van der Waals surface area contributed by atoms with Crippen molar-refractivity contribution in [1.29, 1.82) is 5.26 Å². The number of halogens is 2. The van der Waals surface area contributed by atoms with E-state index in [2.05, 4.69) is 31.7 Å². The highest BCUT2D eigenvalue weighted by atomic mass is 79.9. The molecule has 3 unspecified atom stereocenters. The fourth-order valence-electron chi connectivity index (χ4n) is 2.69. The molecule has 3 N–H and O–H groups in total. The summed E-state index contributed by atoms with van der Waals surface area (Å²) in [6.07, 6.45) is 2.94. The van der Waals surface area contributed by atoms with Gasteiger partial charge in [-0.3, -0.25) is 4.72 Å². The van der Waals surface area contributed by atoms with Crippen LogP contribution in [0.1, 0.15) is 38.8 Å². The third-order valence-electron chi connectivity index (χ3n) is 4.07. The highest BCUT2D eigenvalue weighted by Gasteiger charge is 2.38. The standard InChI is InChI=1S/C15H22BrFN4S/c1-14(9-18)7-3-4-8-20-22(14)10-15(2,19)13-11(17)5-6-12(16)21-13/h5-6,20,22H,3-4,7-8,10,19H2,1-2H3. The van der Waals surface area contributed by atoms with Crippen LogP contribution in [0.5, 0.6) is 0 Å². The van der Waals surface area contributed by atoms with Gasteiger partial charge in [0.05, 0.1) is 22.0 Å². The first kappa shape index (κ1) is 17.7. The number of aromatic nitrogens is 1. The summed E-state index contributed by atoms with van der Waals surface area (Å²) in [5, 5.41) is 9.60. The zero-order valence-corrected chi connectivity index (χ0v) is 15.3. The van der Waals surface area contributed by atoms with Gasteiger partial charge in [0.15, 0.2) is 0 Å². The molecular weight excluding hydrogens is 367 g/mol. The number of nitrogens with zero attached hydrogens (tertiary/aromatic N) is 2. The summed E-state index contributed by atoms with van der Waals surface area (Å²) in [5.41, 5.74) is 5.73. The van der Waals surface area contributed by atoms with Crippen LogP contribution in [-0.4, -0.2) is 22.0 Å². The molecule has 0 aromatic carbocycles. The quantitative estimate of drug-likeness (QED) is 0.549. The zero-order valence-electron chi connectivity index (χ0n) is 12.9. The molecule has 0 aliphatic carbocycles. The summed E-state index contributed by atoms with van der Waals surface area (Å²) in [7, 11) is 0. The van der Waals surface area contributed by atoms with E-state index in [9.17, 15) is 9.65 Å². The van der Waals surface area contributed by atoms with Crippen molar-refractivity contribution in [1.82, 2.24) is 9.71 Å². The average molecular weight is 389 g/mol. The SMILES string of the molecule is CC(N)(C[SH]1NCCCCC1(C)C#N)c1nc(Br)ccc1F. The summed E-state index contributed by atoms with van der Waals surface area (Å²) in [5.74, 6) is 0.115. The van der Waals surface area contributed by atoms with E-state index in [1.54, 1.807) is 13.0 Å². The Morgan fingerprint density at radius 2 is 2.32 bits per heavy atom. The number of nitrogens with two attached hydrogens (primary N) is 1. The van der Waals surface area contributed by atoms with Crippen LogP contribution in [-0.2, 0) is 5.54 Å². The molecule has 0 radical (unpaired) electrons. The molecule has 1 fully saturated rings. The Balaban J connectivity index is 2.30. The van der Waals surface area contributed by atoms with E-state index in [1.165, 1.54) is 6.07 Å². The van der Waals surface area contributed by atoms with E-state index < -0.39 is 27.2 Å². The molecule has 1 saturated heterocycles. The second-order valence-corrected chi connectivity index (χ2v) is 9.51. The second-order valence-electron chi connectivity index (χ2n) is 6.22. The monoisotopic (exact) mass is 388 g/mol. The fraction of sp³-hybridized carbons (Fsp3) is 0.600. The summed E-state index contributed by atoms with van der Waals surface area (Å²) in [6, 6.07) is 5.39. The van der Waals surface area contributed by atoms with Gasteiger partial charge in [-0.05, 0) is 61.2 Å². The molecule has 4 nitrogen and oxygen atoms in total. The van der Waals surface area contributed by atoms with E-state index in [0.29, 0.717) is 10.4 Å². The predicted molar refractivity (Wildman–Crippen MR) is 93.2 cm³/mol. The lowest BCUT2D eigenvalue weighted by molar-refractivity contribution is 0.484. The molecular formula is C15H22BrFN4S. The lowest BCUT2D eigenvalue weighted by Crippen LogP contribution is -2.44. The lowest BCUT2D eigenvalue weighted by atomic mass is 10.0. The van der Waals surface area contributed by atoms with Crippen LogP contribution in [0.3, 0.4) is 0 Å². The highest BCUT2D eigenvalue weighted by molar-refractivity contribution is 9.10. The van der Waals surface area contributed by atoms with Crippen molar-refractivity contribution < 1.29 is 4.39 Å². The van der Waals surface area contributed by atoms with Crippen LogP contribution >= 0.6 is 27.0 Å². The van der Waals surface area contributed by atoms with Gasteiger partial charge in [-0.1, -0.05) is 0 Å². The maximum Gasteiger partial charge on any atom is 0.146 e. The Hall–Kier alpha value is -0.680. The molecule has 3 atom stereocenters. The molecule has 22 heavy (non-hydrogen) atoms. The fourth-order valence-corrected chi connectivity index (χ4v) is 5.59. The van der Waals surface area contributed by atoms with Crippen LogP contribution < -0.4 is 10.5 Å². The molecule has 0 saturated carbocycles. The van der Waals surface area contributed by atoms with E-state index in [1.807, 2.05) is 6.92 Å². The van der Waals surface area contributed by atoms with Crippen molar-refractivity contribution in [3.8, 4) is 6.07 Å². The number of thiol groups is 1. The number of rotatable bonds is 3. The number of hydrogen-bond donors (Lipinski definition) is 3. The van der Waals surface area contributed by atoms with Crippen LogP contribution in [0.15, 0.2) is 16.7 Å². The van der Waals surface area contributed by atoms with Gasteiger partial charge in [0, 0.05) is 12.3 Å². The minimum Gasteiger partial charge on any atom is -0.320 e. The molecule has 0 amide bonds. The van der Waals surface area contributed by atoms with Gasteiger partial charge < -0.3 is 5.73 Å². The predicted octanol–water partition coefficient (Wildman–Crippen LogP) is 3.13. The van der Waals surface area contributed by atoms with Crippen molar-refractivity contribution in [3.05, 3.63) is 28.2 Å². The molecule has 2 heterocycles. The van der Waals surface area contributed by atoms with E-state index in [4.69, 9.17) is 5.73 Å². The Bertz CT molecular complexity index is 589. The van der Waals surface area contributed by atoms with E-state index in [-0.39, 0.29) is 5.69 Å². The van der Waals surface area contributed by atoms with Gasteiger partial charge in [-0.15, -0.1) is 0 Å². The Labute approximate surface area is 142 Å². The topological polar surface area (TPSA) is 74.7 Å². The lowest BCUT2D eigenvalue weighted by Gasteiger charge is -2.39. The van der Waals surface area contributed by atoms with Crippen molar-refractivity contribution >= 4 is 27.0 Å². The molecule has 0 spiro atoms. The molecule has 1 aliphatic heterocycles. The normalized spacial score (nSPS) is 30.1. The minimum absolute atomic E-state index is 0.246. The first-order valence-corrected chi connectivity index (χ1v) is 9.64. The number of nitrogens with one attached hydrogen (secondary N) is 1. The van der Waals surface area contributed by atoms with Gasteiger partial charge in [0.2, 0.25) is 0 Å². The van der Waals surface area contributed by atoms with Crippen molar-refractivity contribution in [3.63, 3.8) is 0 Å². The van der Waals surface area contributed by atoms with Gasteiger partial charge in [-0.2, -0.15) is 16.3 Å². The third-order valence-corrected chi connectivity index (χ3v) is 7.60. The Morgan fingerprint density at radius 3 is 3.00 bits per heavy atom. The summed E-state index contributed by atoms with van der Waals surface area (Å²) in [6.45, 7) is 4.66. The van der Waals surface area contributed by atoms with Crippen LogP contribution in [0, 0.1) is 17.1 Å². The van der Waals surface area contributed by atoms with Gasteiger partial charge in [0.1, 0.15) is 10.4 Å². The van der Waals surface area contributed by atoms with Gasteiger partial charge >= 0.3 is 0 Å². The number of pyridine rings is 1. The van der Waals surface area contributed by atoms with Crippen LogP contribution in [0.4, 0.5) is 4.39 Å². The number of hydrogen-bond acceptors (Lipinski definition) is 4. The third kappa shape index (κ3) is 3.80. The maximum atomic E-state index is 14.1. The Kier molecular flexibility index (Phi) is 5.49. The summed E-state index contributed by atoms with van der Waals surface area (Å²) >= 11 is 2.43. The van der Waals surface area contributed by atoms with E-state index >= 15 is 0 Å². The summed E-state index contributed by atoms with van der Waals surface area (Å²) < 4.78 is 17.7. The number of nitriles is 1. The first-order valence-electron chi connectivity index (χ1n) is 7.32. The van der Waals surface area contributed by atoms with Crippen LogP contribution in [0.2, 0.25) is 0 Å². The van der Waals surface area contributed by atoms with Gasteiger partial charge in [-0.25, -0.2) is 9.37 Å². The van der Waals surface area contributed by atoms with Crippen LogP contribution in [0.25, 0.3) is 0 Å². The smallest absolute Gasteiger partial charge is 0.146 e. The largest absolute Gasteiger partial charge is 0.320 e. The molecule has 1 aromatic rings. The Morgan fingerprint density at radius 1 is 1.59 bits per heavy atom. The summed E-state index contributed by atoms with van der Waals surface area (Å²) in [4.78, 5) is 4.22. The molecule has 1 aliphatic rings. The zero-order chi connectivity index (χ0) is 16.4.